The van der Waals surface area contributed by atoms with Crippen molar-refractivity contribution in [2.75, 3.05) is 11.5 Å². The molecule has 2 aromatic heterocycles. The lowest BCUT2D eigenvalue weighted by Gasteiger charge is -1.91. The molecule has 0 saturated carbocycles. The Labute approximate surface area is 60.7 Å². The molecular formula is C4H6N6O. The maximum absolute atomic E-state index is 9.11. The summed E-state index contributed by atoms with van der Waals surface area (Å²) in [5, 5.41) is 16.1. The molecule has 0 aliphatic rings. The van der Waals surface area contributed by atoms with E-state index in [4.69, 9.17) is 16.7 Å². The molecule has 58 valence electrons. The molecular weight excluding hydrogens is 148 g/mol. The van der Waals surface area contributed by atoms with Gasteiger partial charge in [-0.15, -0.1) is 9.73 Å². The Morgan fingerprint density at radius 1 is 1.45 bits per heavy atom. The summed E-state index contributed by atoms with van der Waals surface area (Å²) in [4.78, 5) is 0.665. The zero-order valence-electron chi connectivity index (χ0n) is 5.47. The lowest BCUT2D eigenvalue weighted by molar-refractivity contribution is 0.132. The third kappa shape index (κ3) is 0.561. The van der Waals surface area contributed by atoms with Gasteiger partial charge < -0.3 is 16.7 Å². The van der Waals surface area contributed by atoms with Gasteiger partial charge in [-0.2, -0.15) is 0 Å². The fourth-order valence-corrected chi connectivity index (χ4v) is 0.871. The number of hydrogen-bond donors (Lipinski definition) is 3. The van der Waals surface area contributed by atoms with Gasteiger partial charge in [0.05, 0.1) is 0 Å². The quantitative estimate of drug-likeness (QED) is 0.419. The molecule has 0 radical (unpaired) electrons. The van der Waals surface area contributed by atoms with E-state index < -0.39 is 0 Å². The predicted molar refractivity (Wildman–Crippen MR) is 37.0 cm³/mol. The highest BCUT2D eigenvalue weighted by molar-refractivity contribution is 5.67. The van der Waals surface area contributed by atoms with Crippen molar-refractivity contribution in [1.29, 1.82) is 0 Å². The molecule has 7 heteroatoms. The zero-order valence-corrected chi connectivity index (χ0v) is 5.47. The second-order valence-corrected chi connectivity index (χ2v) is 2.11. The van der Waals surface area contributed by atoms with Crippen LogP contribution in [0.15, 0.2) is 6.07 Å². The van der Waals surface area contributed by atoms with Crippen LogP contribution in [0.25, 0.3) is 5.52 Å². The summed E-state index contributed by atoms with van der Waals surface area (Å²) in [5.41, 5.74) is 11.2. The van der Waals surface area contributed by atoms with E-state index in [1.54, 1.807) is 0 Å². The summed E-state index contributed by atoms with van der Waals surface area (Å²) >= 11 is 0. The van der Waals surface area contributed by atoms with Gasteiger partial charge in [-0.25, -0.2) is 0 Å². The Kier molecular flexibility index (Phi) is 0.831. The van der Waals surface area contributed by atoms with Crippen molar-refractivity contribution in [3.8, 4) is 0 Å². The molecule has 0 aliphatic heterocycles. The van der Waals surface area contributed by atoms with Gasteiger partial charge in [0, 0.05) is 6.07 Å². The van der Waals surface area contributed by atoms with Gasteiger partial charge in [0.15, 0.2) is 11.6 Å². The van der Waals surface area contributed by atoms with Gasteiger partial charge in [0.1, 0.15) is 5.52 Å². The average Bonchev–Trinajstić information content (AvgIpc) is 2.43. The summed E-state index contributed by atoms with van der Waals surface area (Å²) in [6, 6.07) is 1.48. The minimum Gasteiger partial charge on any atom is -0.410 e. The Bertz CT molecular complexity index is 400. The Morgan fingerprint density at radius 2 is 2.18 bits per heavy atom. The first-order valence-electron chi connectivity index (χ1n) is 2.88. The molecule has 0 saturated heterocycles. The van der Waals surface area contributed by atoms with Crippen LogP contribution in [-0.4, -0.2) is 25.0 Å². The molecule has 2 heterocycles. The van der Waals surface area contributed by atoms with Gasteiger partial charge in [0.25, 0.3) is 0 Å². The fourth-order valence-electron chi connectivity index (χ4n) is 0.871. The molecule has 2 rings (SSSR count). The molecule has 2 aromatic rings. The maximum Gasteiger partial charge on any atom is 0.175 e. The summed E-state index contributed by atoms with van der Waals surface area (Å²) in [7, 11) is 0. The van der Waals surface area contributed by atoms with E-state index in [0.29, 0.717) is 10.4 Å². The minimum absolute atomic E-state index is 0.168. The summed E-state index contributed by atoms with van der Waals surface area (Å²) in [5.74, 6) is 0.408. The smallest absolute Gasteiger partial charge is 0.175 e. The highest BCUT2D eigenvalue weighted by Crippen LogP contribution is 2.13. The summed E-state index contributed by atoms with van der Waals surface area (Å²) < 4.78 is 1.10. The van der Waals surface area contributed by atoms with Crippen LogP contribution in [0.2, 0.25) is 0 Å². The van der Waals surface area contributed by atoms with E-state index in [-0.39, 0.29) is 11.6 Å². The number of rotatable bonds is 0. The van der Waals surface area contributed by atoms with Crippen LogP contribution in [-0.2, 0) is 0 Å². The van der Waals surface area contributed by atoms with E-state index in [9.17, 15) is 0 Å². The van der Waals surface area contributed by atoms with Gasteiger partial charge in [-0.3, -0.25) is 0 Å². The number of nitrogen functional groups attached to an aromatic ring is 2. The molecule has 7 nitrogen and oxygen atoms in total. The lowest BCUT2D eigenvalue weighted by Crippen LogP contribution is -2.05. The van der Waals surface area contributed by atoms with Gasteiger partial charge in [-0.05, 0) is 5.21 Å². The predicted octanol–water partition coefficient (Wildman–Crippen LogP) is -1.07. The van der Waals surface area contributed by atoms with Crippen molar-refractivity contribution in [2.45, 2.75) is 0 Å². The van der Waals surface area contributed by atoms with Crippen molar-refractivity contribution in [1.82, 2.24) is 19.8 Å². The van der Waals surface area contributed by atoms with E-state index in [1.807, 2.05) is 0 Å². The van der Waals surface area contributed by atoms with Crippen LogP contribution in [0.1, 0.15) is 0 Å². The Morgan fingerprint density at radius 3 is 2.82 bits per heavy atom. The normalized spacial score (nSPS) is 10.9. The summed E-state index contributed by atoms with van der Waals surface area (Å²) in [6.07, 6.45) is 0. The first-order chi connectivity index (χ1) is 5.20. The largest absolute Gasteiger partial charge is 0.410 e. The van der Waals surface area contributed by atoms with Gasteiger partial charge in [-0.1, -0.05) is 4.85 Å². The average molecular weight is 154 g/mol. The number of aromatic nitrogens is 4. The third-order valence-electron chi connectivity index (χ3n) is 1.41. The van der Waals surface area contributed by atoms with Crippen LogP contribution in [0, 0.1) is 0 Å². The Hall–Kier alpha value is -1.92. The van der Waals surface area contributed by atoms with Crippen LogP contribution in [0.4, 0.5) is 11.6 Å². The topological polar surface area (TPSA) is 107 Å². The number of nitrogens with two attached hydrogens (primary N) is 2. The highest BCUT2D eigenvalue weighted by Gasteiger charge is 2.09. The van der Waals surface area contributed by atoms with E-state index >= 15 is 0 Å². The molecule has 0 spiro atoms. The second-order valence-electron chi connectivity index (χ2n) is 2.11. The second kappa shape index (κ2) is 1.57. The fraction of sp³-hybridized carbons (Fsp3) is 0. The Balaban J connectivity index is 2.93. The monoisotopic (exact) mass is 154 g/mol. The van der Waals surface area contributed by atoms with E-state index in [2.05, 4.69) is 10.3 Å². The van der Waals surface area contributed by atoms with Gasteiger partial charge >= 0.3 is 0 Å². The summed E-state index contributed by atoms with van der Waals surface area (Å²) in [6.45, 7) is 0. The van der Waals surface area contributed by atoms with Crippen molar-refractivity contribution in [3.05, 3.63) is 6.07 Å². The van der Waals surface area contributed by atoms with Gasteiger partial charge in [0.2, 0.25) is 0 Å². The lowest BCUT2D eigenvalue weighted by atomic mass is 10.5. The van der Waals surface area contributed by atoms with E-state index in [1.165, 1.54) is 6.07 Å². The van der Waals surface area contributed by atoms with Crippen molar-refractivity contribution in [2.24, 2.45) is 0 Å². The van der Waals surface area contributed by atoms with Crippen molar-refractivity contribution in [3.63, 3.8) is 0 Å². The molecule has 0 aromatic carbocycles. The molecule has 0 unspecified atom stereocenters. The SMILES string of the molecule is Nc1nnn2c1cc(N)n2O. The van der Waals surface area contributed by atoms with Crippen molar-refractivity contribution < 1.29 is 5.21 Å². The van der Waals surface area contributed by atoms with Crippen LogP contribution in [0.5, 0.6) is 0 Å². The maximum atomic E-state index is 9.11. The first kappa shape index (κ1) is 5.83. The van der Waals surface area contributed by atoms with Crippen LogP contribution < -0.4 is 11.5 Å². The number of anilines is 2. The third-order valence-corrected chi connectivity index (χ3v) is 1.41. The van der Waals surface area contributed by atoms with Crippen LogP contribution in [0.3, 0.4) is 0 Å². The number of hydrogen-bond acceptors (Lipinski definition) is 5. The molecule has 0 amide bonds. The molecule has 11 heavy (non-hydrogen) atoms. The molecule has 0 fully saturated rings. The molecule has 0 bridgehead atoms. The van der Waals surface area contributed by atoms with Crippen molar-refractivity contribution >= 4 is 17.2 Å². The molecule has 5 N–H and O–H groups in total. The number of nitrogens with zero attached hydrogens (tertiary/aromatic N) is 4. The number of fused-ring (bicyclic) bond motifs is 1. The standard InChI is InChI=1S/C4H6N6O/c5-3-1-2-4(6)7-8-9(2)10(3)11/h1,11H,5-6H2. The van der Waals surface area contributed by atoms with Crippen LogP contribution >= 0.6 is 0 Å². The first-order valence-corrected chi connectivity index (χ1v) is 2.88. The zero-order chi connectivity index (χ0) is 8.01. The minimum atomic E-state index is 0.168. The van der Waals surface area contributed by atoms with E-state index in [0.717, 1.165) is 4.63 Å². The molecule has 0 atom stereocenters. The highest BCUT2D eigenvalue weighted by atomic mass is 16.5. The molecule has 0 aliphatic carbocycles.